The fraction of sp³-hybridized carbons (Fsp3) is 0.591. The van der Waals surface area contributed by atoms with Crippen molar-refractivity contribution in [2.75, 3.05) is 0 Å². The van der Waals surface area contributed by atoms with E-state index in [-0.39, 0.29) is 11.6 Å². The first-order valence-electron chi connectivity index (χ1n) is 20.6. The molecule has 0 fully saturated rings. The minimum Gasteiger partial charge on any atom is -0.206 e. The molecule has 2 aliphatic rings. The Balaban J connectivity index is 1.55. The van der Waals surface area contributed by atoms with Crippen LogP contribution in [0.1, 0.15) is 178 Å². The molecule has 0 atom stereocenters. The number of halogens is 2. The van der Waals surface area contributed by atoms with Gasteiger partial charge < -0.3 is 0 Å². The lowest BCUT2D eigenvalue weighted by molar-refractivity contribution is 0.377. The van der Waals surface area contributed by atoms with E-state index in [4.69, 9.17) is 8.75 Å². The van der Waals surface area contributed by atoms with Crippen molar-refractivity contribution in [3.05, 3.63) is 58.2 Å². The van der Waals surface area contributed by atoms with Crippen LogP contribution in [0, 0.1) is 11.6 Å². The molecule has 0 unspecified atom stereocenters. The topological polar surface area (TPSA) is 51.6 Å². The molecule has 278 valence electrons. The van der Waals surface area contributed by atoms with Crippen molar-refractivity contribution >= 4 is 45.5 Å². The van der Waals surface area contributed by atoms with Crippen LogP contribution < -0.4 is 0 Å². The van der Waals surface area contributed by atoms with Gasteiger partial charge >= 0.3 is 0 Å². The van der Waals surface area contributed by atoms with Gasteiger partial charge in [0.1, 0.15) is 33.7 Å². The maximum atomic E-state index is 18.7. The van der Waals surface area contributed by atoms with E-state index in [1.165, 1.54) is 23.5 Å². The predicted octanol–water partition coefficient (Wildman–Crippen LogP) is 14.4. The Morgan fingerprint density at radius 2 is 0.788 bits per heavy atom. The Hall–Kier alpha value is -2.84. The summed E-state index contributed by atoms with van der Waals surface area (Å²) in [6, 6.07) is 8.40. The lowest BCUT2D eigenvalue weighted by Crippen LogP contribution is -2.29. The standard InChI is InChI=1S/C44H56F2N4S2/c1-5-9-13-17-25-43(26-18-14-10-6-2)29-21-23-31-41(49-51-47-31)33(29)35-37(43)39(45)36-34-30(22-24-32-42(34)50-52-48-32)44(38(36)40(35)46,27-19-15-11-7-3)28-20-16-12-8-4/h21-24H,5-20,25-28H2,1-4H3. The summed E-state index contributed by atoms with van der Waals surface area (Å²) in [6.07, 6.45) is 20.5. The zero-order valence-corrected chi connectivity index (χ0v) is 33.4. The largest absolute Gasteiger partial charge is 0.206 e. The lowest BCUT2D eigenvalue weighted by Gasteiger charge is -2.35. The van der Waals surface area contributed by atoms with Crippen LogP contribution in [0.2, 0.25) is 0 Å². The molecular weight excluding hydrogens is 687 g/mol. The average Bonchev–Trinajstić information content (AvgIpc) is 3.94. The molecule has 3 aromatic carbocycles. The molecule has 2 aliphatic carbocycles. The monoisotopic (exact) mass is 742 g/mol. The summed E-state index contributed by atoms with van der Waals surface area (Å²) < 4.78 is 56.2. The van der Waals surface area contributed by atoms with Gasteiger partial charge in [0.15, 0.2) is 0 Å². The van der Waals surface area contributed by atoms with Crippen molar-refractivity contribution in [3.63, 3.8) is 0 Å². The highest BCUT2D eigenvalue weighted by molar-refractivity contribution is 7.00. The predicted molar refractivity (Wildman–Crippen MR) is 216 cm³/mol. The second-order valence-corrected chi connectivity index (χ2v) is 16.8. The van der Waals surface area contributed by atoms with Gasteiger partial charge in [-0.3, -0.25) is 0 Å². The summed E-state index contributed by atoms with van der Waals surface area (Å²) in [5.74, 6) is -0.452. The number of fused-ring (bicyclic) bond motifs is 10. The third kappa shape index (κ3) is 6.21. The molecule has 0 spiro atoms. The molecule has 8 heteroatoms. The van der Waals surface area contributed by atoms with Crippen molar-refractivity contribution in [1.82, 2.24) is 17.5 Å². The number of aromatic nitrogens is 4. The van der Waals surface area contributed by atoms with Gasteiger partial charge in [-0.05, 0) is 48.9 Å². The first-order valence-corrected chi connectivity index (χ1v) is 22.0. The van der Waals surface area contributed by atoms with Crippen molar-refractivity contribution in [1.29, 1.82) is 0 Å². The zero-order chi connectivity index (χ0) is 36.3. The molecule has 0 bridgehead atoms. The van der Waals surface area contributed by atoms with E-state index in [0.717, 1.165) is 173 Å². The first-order chi connectivity index (χ1) is 25.5. The molecule has 0 saturated carbocycles. The fourth-order valence-electron chi connectivity index (χ4n) is 10.0. The molecule has 0 radical (unpaired) electrons. The third-order valence-corrected chi connectivity index (χ3v) is 13.6. The summed E-state index contributed by atoms with van der Waals surface area (Å²) in [5.41, 5.74) is 7.54. The first kappa shape index (κ1) is 37.5. The van der Waals surface area contributed by atoms with E-state index in [9.17, 15) is 0 Å². The summed E-state index contributed by atoms with van der Waals surface area (Å²) >= 11 is 2.34. The quantitative estimate of drug-likeness (QED) is 0.0745. The lowest BCUT2D eigenvalue weighted by atomic mass is 9.68. The van der Waals surface area contributed by atoms with Crippen LogP contribution >= 0.6 is 23.5 Å². The van der Waals surface area contributed by atoms with Gasteiger partial charge in [0.05, 0.1) is 23.5 Å². The SMILES string of the molecule is CCCCCCC1(CCCCCC)c2ccc3nsnc3c2-c2c(F)c3c(c(F)c21)-c1c(ccc2nsnc12)C3(CCCCCC)CCCCCC. The van der Waals surface area contributed by atoms with Gasteiger partial charge in [-0.2, -0.15) is 17.5 Å². The zero-order valence-electron chi connectivity index (χ0n) is 31.8. The number of nitrogens with zero attached hydrogens (tertiary/aromatic N) is 4. The number of benzene rings is 3. The Kier molecular flexibility index (Phi) is 11.7. The van der Waals surface area contributed by atoms with Crippen LogP contribution in [0.4, 0.5) is 8.78 Å². The molecule has 7 rings (SSSR count). The molecule has 4 nitrogen and oxygen atoms in total. The molecule has 2 heterocycles. The van der Waals surface area contributed by atoms with Gasteiger partial charge in [-0.1, -0.05) is 143 Å². The Morgan fingerprint density at radius 1 is 0.442 bits per heavy atom. The van der Waals surface area contributed by atoms with Crippen LogP contribution in [0.25, 0.3) is 44.3 Å². The number of hydrogen-bond acceptors (Lipinski definition) is 6. The highest BCUT2D eigenvalue weighted by Crippen LogP contribution is 2.64. The van der Waals surface area contributed by atoms with Gasteiger partial charge in [-0.15, -0.1) is 0 Å². The van der Waals surface area contributed by atoms with Gasteiger partial charge in [0, 0.05) is 44.2 Å². The highest BCUT2D eigenvalue weighted by atomic mass is 32.1. The fourth-order valence-corrected chi connectivity index (χ4v) is 11.1. The maximum Gasteiger partial charge on any atom is 0.136 e. The van der Waals surface area contributed by atoms with Gasteiger partial charge in [0.2, 0.25) is 0 Å². The smallest absolute Gasteiger partial charge is 0.136 e. The van der Waals surface area contributed by atoms with Crippen molar-refractivity contribution < 1.29 is 8.78 Å². The maximum absolute atomic E-state index is 18.7. The molecule has 52 heavy (non-hydrogen) atoms. The third-order valence-electron chi connectivity index (χ3n) is 12.6. The van der Waals surface area contributed by atoms with Crippen LogP contribution in [0.3, 0.4) is 0 Å². The van der Waals surface area contributed by atoms with E-state index < -0.39 is 10.8 Å². The Labute approximate surface area is 317 Å². The minimum atomic E-state index is -0.633. The minimum absolute atomic E-state index is 0.226. The summed E-state index contributed by atoms with van der Waals surface area (Å²) in [7, 11) is 0. The van der Waals surface area contributed by atoms with Crippen LogP contribution in [-0.4, -0.2) is 17.5 Å². The normalized spacial score (nSPS) is 15.0. The van der Waals surface area contributed by atoms with E-state index in [1.54, 1.807) is 0 Å². The summed E-state index contributed by atoms with van der Waals surface area (Å²) in [4.78, 5) is 0. The molecule has 0 aliphatic heterocycles. The number of unbranched alkanes of at least 4 members (excludes halogenated alkanes) is 12. The molecular formula is C44H56F2N4S2. The van der Waals surface area contributed by atoms with E-state index in [1.807, 2.05) is 12.1 Å². The number of rotatable bonds is 20. The molecule has 2 aromatic heterocycles. The van der Waals surface area contributed by atoms with Gasteiger partial charge in [0.25, 0.3) is 0 Å². The molecule has 5 aromatic rings. The van der Waals surface area contributed by atoms with Crippen molar-refractivity contribution in [3.8, 4) is 22.3 Å². The highest BCUT2D eigenvalue weighted by Gasteiger charge is 2.54. The van der Waals surface area contributed by atoms with E-state index in [0.29, 0.717) is 22.3 Å². The van der Waals surface area contributed by atoms with E-state index in [2.05, 4.69) is 48.6 Å². The summed E-state index contributed by atoms with van der Waals surface area (Å²) in [5, 5.41) is 0. The van der Waals surface area contributed by atoms with Crippen LogP contribution in [0.15, 0.2) is 24.3 Å². The second-order valence-electron chi connectivity index (χ2n) is 15.8. The Bertz CT molecular complexity index is 1850. The van der Waals surface area contributed by atoms with Crippen LogP contribution in [-0.2, 0) is 10.8 Å². The van der Waals surface area contributed by atoms with Crippen molar-refractivity contribution in [2.24, 2.45) is 0 Å². The number of hydrogen-bond donors (Lipinski definition) is 0. The molecule has 0 saturated heterocycles. The van der Waals surface area contributed by atoms with E-state index >= 15 is 8.78 Å². The van der Waals surface area contributed by atoms with Gasteiger partial charge in [-0.25, -0.2) is 8.78 Å². The van der Waals surface area contributed by atoms with Crippen LogP contribution in [0.5, 0.6) is 0 Å². The average molecular weight is 743 g/mol. The summed E-state index contributed by atoms with van der Waals surface area (Å²) in [6.45, 7) is 8.92. The molecule has 0 N–H and O–H groups in total. The van der Waals surface area contributed by atoms with Crippen molar-refractivity contribution in [2.45, 2.75) is 167 Å². The second kappa shape index (κ2) is 16.3. The molecule has 0 amide bonds. The Morgan fingerprint density at radius 3 is 1.12 bits per heavy atom.